The van der Waals surface area contributed by atoms with Crippen molar-refractivity contribution in [2.45, 2.75) is 82.7 Å². The molecule has 2 saturated carbocycles. The third-order valence-corrected chi connectivity index (χ3v) is 14.1. The molecule has 5 nitrogen and oxygen atoms in total. The molecule has 0 amide bonds. The van der Waals surface area contributed by atoms with Gasteiger partial charge in [-0.1, -0.05) is 38.7 Å². The van der Waals surface area contributed by atoms with Gasteiger partial charge in [0.25, 0.3) is 0 Å². The van der Waals surface area contributed by atoms with Gasteiger partial charge in [-0.2, -0.15) is 0 Å². The van der Waals surface area contributed by atoms with E-state index in [4.69, 9.17) is 9.16 Å². The largest absolute Gasteiger partial charge is 0.508 e. The molecule has 6 heteroatoms. The summed E-state index contributed by atoms with van der Waals surface area (Å²) in [6.45, 7) is 11.5. The molecule has 5 unspecified atom stereocenters. The van der Waals surface area contributed by atoms with Crippen molar-refractivity contribution in [3.63, 3.8) is 0 Å². The highest BCUT2D eigenvalue weighted by Crippen LogP contribution is 2.62. The molecule has 0 spiro atoms. The van der Waals surface area contributed by atoms with Crippen molar-refractivity contribution in [1.82, 2.24) is 0 Å². The fourth-order valence-electron chi connectivity index (χ4n) is 6.63. The van der Waals surface area contributed by atoms with Crippen LogP contribution in [-0.2, 0) is 17.5 Å². The number of phenols is 2. The molecular formula is C31H40O5Si. The van der Waals surface area contributed by atoms with Gasteiger partial charge in [-0.05, 0) is 103 Å². The summed E-state index contributed by atoms with van der Waals surface area (Å²) in [6, 6.07) is 9.43. The normalized spacial score (nSPS) is 28.3. The highest BCUT2D eigenvalue weighted by Gasteiger charge is 2.58. The summed E-state index contributed by atoms with van der Waals surface area (Å²) in [6.07, 6.45) is 3.47. The Morgan fingerprint density at radius 1 is 1.14 bits per heavy atom. The highest BCUT2D eigenvalue weighted by atomic mass is 28.4. The maximum atomic E-state index is 11.7. The summed E-state index contributed by atoms with van der Waals surface area (Å²) in [5.41, 5.74) is 2.88. The number of rotatable bonds is 4. The second-order valence-electron chi connectivity index (χ2n) is 12.8. The molecule has 5 rings (SSSR count). The fraction of sp³-hybridized carbons (Fsp3) is 0.548. The van der Waals surface area contributed by atoms with E-state index in [1.165, 1.54) is 18.2 Å². The molecule has 3 aliphatic carbocycles. The number of phenolic OH excluding ortho intramolecular Hbond substituents is 2. The number of methoxy groups -OCH3 is 1. The van der Waals surface area contributed by atoms with E-state index < -0.39 is 13.9 Å². The van der Waals surface area contributed by atoms with Crippen molar-refractivity contribution >= 4 is 8.32 Å². The molecular weight excluding hydrogens is 480 g/mol. The second-order valence-corrected chi connectivity index (χ2v) is 17.6. The predicted molar refractivity (Wildman–Crippen MR) is 147 cm³/mol. The molecule has 0 aliphatic heterocycles. The van der Waals surface area contributed by atoms with Crippen molar-refractivity contribution in [3.8, 4) is 29.1 Å². The topological polar surface area (TPSA) is 79.2 Å². The number of hydrogen-bond donors (Lipinski definition) is 3. The highest BCUT2D eigenvalue weighted by molar-refractivity contribution is 6.74. The van der Waals surface area contributed by atoms with Crippen molar-refractivity contribution in [2.24, 2.45) is 17.8 Å². The lowest BCUT2D eigenvalue weighted by Crippen LogP contribution is -2.40. The smallest absolute Gasteiger partial charge is 0.192 e. The Bertz CT molecular complexity index is 1270. The molecule has 0 radical (unpaired) electrons. The van der Waals surface area contributed by atoms with E-state index in [1.54, 1.807) is 12.1 Å². The van der Waals surface area contributed by atoms with Gasteiger partial charge in [-0.25, -0.2) is 0 Å². The minimum absolute atomic E-state index is 0.00116. The van der Waals surface area contributed by atoms with Crippen LogP contribution in [0.2, 0.25) is 18.1 Å². The van der Waals surface area contributed by atoms with E-state index in [-0.39, 0.29) is 16.7 Å². The van der Waals surface area contributed by atoms with Gasteiger partial charge in [0.05, 0.1) is 19.3 Å². The van der Waals surface area contributed by atoms with Gasteiger partial charge in [0.2, 0.25) is 0 Å². The summed E-state index contributed by atoms with van der Waals surface area (Å²) < 4.78 is 11.8. The second kappa shape index (κ2) is 9.08. The van der Waals surface area contributed by atoms with Crippen LogP contribution in [0.15, 0.2) is 30.3 Å². The molecule has 0 heterocycles. The summed E-state index contributed by atoms with van der Waals surface area (Å²) in [7, 11) is -0.409. The Morgan fingerprint density at radius 3 is 2.59 bits per heavy atom. The Kier molecular flexibility index (Phi) is 6.42. The predicted octanol–water partition coefficient (Wildman–Crippen LogP) is 6.10. The number of hydrogen-bond acceptors (Lipinski definition) is 5. The standard InChI is InChI=1S/C31H40O5Si/c1-30(2,3)37(5,6)36-18-19-13-20(29(33)27(14-19)35-4)9-11-31(34)12-10-25-26(31)17-22-15-21-16-23(32)7-8-24(21)28(22)25/h7-8,13-14,16,22,25-26,28,32-34H,10,12,15,17-18H2,1-6H3. The van der Waals surface area contributed by atoms with Crippen LogP contribution in [0.25, 0.3) is 0 Å². The van der Waals surface area contributed by atoms with Crippen LogP contribution in [0.4, 0.5) is 0 Å². The first kappa shape index (κ1) is 26.2. The molecule has 3 N–H and O–H groups in total. The van der Waals surface area contributed by atoms with Crippen LogP contribution in [0, 0.1) is 29.6 Å². The Balaban J connectivity index is 1.39. The SMILES string of the molecule is COc1cc(CO[Si](C)(C)C(C)(C)C)cc(C#CC2(O)CCC3C4c5ccc(O)cc5CC4CC32)c1O. The number of benzene rings is 2. The van der Waals surface area contributed by atoms with E-state index in [1.807, 2.05) is 12.1 Å². The van der Waals surface area contributed by atoms with Crippen LogP contribution in [0.3, 0.4) is 0 Å². The summed E-state index contributed by atoms with van der Waals surface area (Å²) >= 11 is 0. The average Bonchev–Trinajstić information content (AvgIpc) is 3.46. The molecule has 0 saturated heterocycles. The zero-order valence-corrected chi connectivity index (χ0v) is 23.9. The van der Waals surface area contributed by atoms with E-state index in [0.717, 1.165) is 24.8 Å². The molecule has 2 fully saturated rings. The van der Waals surface area contributed by atoms with Gasteiger partial charge in [0, 0.05) is 5.92 Å². The lowest BCUT2D eigenvalue weighted by atomic mass is 9.83. The van der Waals surface area contributed by atoms with Crippen molar-refractivity contribution in [2.75, 3.05) is 7.11 Å². The van der Waals surface area contributed by atoms with Crippen molar-refractivity contribution in [1.29, 1.82) is 0 Å². The van der Waals surface area contributed by atoms with Crippen LogP contribution in [0.1, 0.15) is 68.2 Å². The van der Waals surface area contributed by atoms with Gasteiger partial charge in [0.15, 0.2) is 19.8 Å². The van der Waals surface area contributed by atoms with Gasteiger partial charge in [0.1, 0.15) is 11.4 Å². The summed E-state index contributed by atoms with van der Waals surface area (Å²) in [5.74, 6) is 8.47. The summed E-state index contributed by atoms with van der Waals surface area (Å²) in [4.78, 5) is 0. The Morgan fingerprint density at radius 2 is 1.89 bits per heavy atom. The van der Waals surface area contributed by atoms with Crippen LogP contribution in [0.5, 0.6) is 17.2 Å². The van der Waals surface area contributed by atoms with Crippen LogP contribution in [-0.4, -0.2) is 36.3 Å². The van der Waals surface area contributed by atoms with Gasteiger partial charge >= 0.3 is 0 Å². The maximum Gasteiger partial charge on any atom is 0.192 e. The van der Waals surface area contributed by atoms with E-state index in [9.17, 15) is 15.3 Å². The lowest BCUT2D eigenvalue weighted by Gasteiger charge is -2.36. The van der Waals surface area contributed by atoms with Crippen LogP contribution < -0.4 is 4.74 Å². The van der Waals surface area contributed by atoms with Gasteiger partial charge < -0.3 is 24.5 Å². The van der Waals surface area contributed by atoms with Crippen molar-refractivity contribution < 1.29 is 24.5 Å². The quantitative estimate of drug-likeness (QED) is 0.336. The molecule has 37 heavy (non-hydrogen) atoms. The zero-order chi connectivity index (χ0) is 26.8. The zero-order valence-electron chi connectivity index (χ0n) is 22.9. The monoisotopic (exact) mass is 520 g/mol. The van der Waals surface area contributed by atoms with Gasteiger partial charge in [-0.15, -0.1) is 0 Å². The first-order chi connectivity index (χ1) is 17.3. The minimum Gasteiger partial charge on any atom is -0.508 e. The molecule has 5 atom stereocenters. The third-order valence-electron chi connectivity index (χ3n) is 9.66. The first-order valence-electron chi connectivity index (χ1n) is 13.4. The number of aromatic hydroxyl groups is 2. The molecule has 2 aromatic carbocycles. The van der Waals surface area contributed by atoms with Crippen molar-refractivity contribution in [3.05, 3.63) is 52.6 Å². The van der Waals surface area contributed by atoms with E-state index >= 15 is 0 Å². The first-order valence-corrected chi connectivity index (χ1v) is 16.3. The Hall–Kier alpha value is -2.46. The molecule has 2 aromatic rings. The number of ether oxygens (including phenoxy) is 1. The Labute approximate surface area is 222 Å². The number of aliphatic hydroxyl groups is 1. The molecule has 198 valence electrons. The lowest BCUT2D eigenvalue weighted by molar-refractivity contribution is 0.0531. The minimum atomic E-state index is -1.95. The third kappa shape index (κ3) is 4.56. The van der Waals surface area contributed by atoms with E-state index in [2.05, 4.69) is 51.8 Å². The van der Waals surface area contributed by atoms with Gasteiger partial charge in [-0.3, -0.25) is 0 Å². The number of fused-ring (bicyclic) bond motifs is 5. The molecule has 0 bridgehead atoms. The van der Waals surface area contributed by atoms with Crippen LogP contribution >= 0.6 is 0 Å². The summed E-state index contributed by atoms with van der Waals surface area (Å²) in [5, 5.41) is 32.5. The van der Waals surface area contributed by atoms with E-state index in [0.29, 0.717) is 47.8 Å². The maximum absolute atomic E-state index is 11.7. The molecule has 0 aromatic heterocycles. The molecule has 3 aliphatic rings. The average molecular weight is 521 g/mol. The fourth-order valence-corrected chi connectivity index (χ4v) is 7.59.